The van der Waals surface area contributed by atoms with Crippen LogP contribution in [0.4, 0.5) is 5.69 Å². The lowest BCUT2D eigenvalue weighted by Crippen LogP contribution is -2.46. The molecule has 0 unspecified atom stereocenters. The molecule has 1 rings (SSSR count). The molecule has 0 aliphatic rings. The van der Waals surface area contributed by atoms with E-state index in [9.17, 15) is 9.59 Å². The molecule has 0 saturated carbocycles. The predicted octanol–water partition coefficient (Wildman–Crippen LogP) is 1.87. The summed E-state index contributed by atoms with van der Waals surface area (Å²) in [7, 11) is 1.61. The molecule has 116 valence electrons. The Hall–Kier alpha value is -2.04. The second kappa shape index (κ2) is 6.16. The van der Waals surface area contributed by atoms with Crippen LogP contribution < -0.4 is 11.1 Å². The zero-order valence-corrected chi connectivity index (χ0v) is 13.7. The number of likely N-dealkylation sites (N-methyl/N-ethyl adjacent to an activating group) is 1. The van der Waals surface area contributed by atoms with Crippen molar-refractivity contribution >= 4 is 17.5 Å². The Labute approximate surface area is 126 Å². The zero-order valence-electron chi connectivity index (χ0n) is 13.7. The van der Waals surface area contributed by atoms with Crippen LogP contribution in [0.5, 0.6) is 0 Å². The SMILES string of the molecule is Cc1cc(C)c(C(=O)N(C)CC(=O)NC(C)(C)C)cc1N. The molecule has 5 heteroatoms. The molecule has 0 spiro atoms. The minimum atomic E-state index is -0.314. The Morgan fingerprint density at radius 3 is 2.29 bits per heavy atom. The normalized spacial score (nSPS) is 11.1. The minimum Gasteiger partial charge on any atom is -0.398 e. The molecule has 0 radical (unpaired) electrons. The molecule has 1 aromatic carbocycles. The topological polar surface area (TPSA) is 75.4 Å². The van der Waals surface area contributed by atoms with Crippen molar-refractivity contribution in [1.29, 1.82) is 0 Å². The lowest BCUT2D eigenvalue weighted by Gasteiger charge is -2.24. The first-order valence-electron chi connectivity index (χ1n) is 6.94. The van der Waals surface area contributed by atoms with Gasteiger partial charge in [0.2, 0.25) is 5.91 Å². The number of nitrogen functional groups attached to an aromatic ring is 1. The Kier molecular flexibility index (Phi) is 4.99. The fourth-order valence-electron chi connectivity index (χ4n) is 2.05. The van der Waals surface area contributed by atoms with Gasteiger partial charge in [-0.1, -0.05) is 6.07 Å². The highest BCUT2D eigenvalue weighted by atomic mass is 16.2. The number of nitrogens with one attached hydrogen (secondary N) is 1. The van der Waals surface area contributed by atoms with E-state index >= 15 is 0 Å². The van der Waals surface area contributed by atoms with E-state index in [2.05, 4.69) is 5.32 Å². The molecule has 1 aromatic rings. The smallest absolute Gasteiger partial charge is 0.254 e. The molecule has 0 fully saturated rings. The van der Waals surface area contributed by atoms with Crippen molar-refractivity contribution in [2.75, 3.05) is 19.3 Å². The quantitative estimate of drug-likeness (QED) is 0.835. The second-order valence-electron chi connectivity index (χ2n) is 6.48. The summed E-state index contributed by atoms with van der Waals surface area (Å²) in [6, 6.07) is 3.55. The maximum Gasteiger partial charge on any atom is 0.254 e. The maximum atomic E-state index is 12.4. The van der Waals surface area contributed by atoms with Gasteiger partial charge in [0.15, 0.2) is 0 Å². The first-order chi connectivity index (χ1) is 9.51. The number of benzene rings is 1. The van der Waals surface area contributed by atoms with Crippen LogP contribution in [0.2, 0.25) is 0 Å². The molecule has 0 bridgehead atoms. The number of rotatable bonds is 3. The third-order valence-corrected chi connectivity index (χ3v) is 3.09. The predicted molar refractivity (Wildman–Crippen MR) is 85.2 cm³/mol. The van der Waals surface area contributed by atoms with Crippen LogP contribution in [-0.2, 0) is 4.79 Å². The van der Waals surface area contributed by atoms with Crippen LogP contribution in [0, 0.1) is 13.8 Å². The molecule has 21 heavy (non-hydrogen) atoms. The molecular formula is C16H25N3O2. The van der Waals surface area contributed by atoms with Crippen LogP contribution in [-0.4, -0.2) is 35.8 Å². The Bertz CT molecular complexity index is 559. The van der Waals surface area contributed by atoms with Crippen LogP contribution >= 0.6 is 0 Å². The number of aryl methyl sites for hydroxylation is 2. The van der Waals surface area contributed by atoms with Crippen molar-refractivity contribution in [1.82, 2.24) is 10.2 Å². The highest BCUT2D eigenvalue weighted by molar-refractivity contribution is 5.98. The van der Waals surface area contributed by atoms with Crippen LogP contribution in [0.25, 0.3) is 0 Å². The summed E-state index contributed by atoms with van der Waals surface area (Å²) in [5.74, 6) is -0.389. The summed E-state index contributed by atoms with van der Waals surface area (Å²) in [6.07, 6.45) is 0. The lowest BCUT2D eigenvalue weighted by molar-refractivity contribution is -0.122. The number of carbonyl (C=O) groups excluding carboxylic acids is 2. The third kappa shape index (κ3) is 4.77. The summed E-state index contributed by atoms with van der Waals surface area (Å²) in [4.78, 5) is 25.7. The molecule has 0 atom stereocenters. The van der Waals surface area contributed by atoms with E-state index in [-0.39, 0.29) is 23.9 Å². The molecule has 0 heterocycles. The largest absolute Gasteiger partial charge is 0.398 e. The van der Waals surface area contributed by atoms with Gasteiger partial charge in [-0.2, -0.15) is 0 Å². The molecule has 0 aliphatic heterocycles. The number of anilines is 1. The zero-order chi connectivity index (χ0) is 16.4. The van der Waals surface area contributed by atoms with Gasteiger partial charge in [-0.05, 0) is 51.8 Å². The monoisotopic (exact) mass is 291 g/mol. The number of amides is 2. The maximum absolute atomic E-state index is 12.4. The van der Waals surface area contributed by atoms with Crippen molar-refractivity contribution < 1.29 is 9.59 Å². The van der Waals surface area contributed by atoms with Crippen LogP contribution in [0.15, 0.2) is 12.1 Å². The molecular weight excluding hydrogens is 266 g/mol. The van der Waals surface area contributed by atoms with Crippen molar-refractivity contribution in [2.24, 2.45) is 0 Å². The second-order valence-corrected chi connectivity index (χ2v) is 6.48. The van der Waals surface area contributed by atoms with E-state index in [1.807, 2.05) is 40.7 Å². The summed E-state index contributed by atoms with van der Waals surface area (Å²) in [5.41, 5.74) is 8.46. The molecule has 5 nitrogen and oxygen atoms in total. The van der Waals surface area contributed by atoms with Crippen LogP contribution in [0.1, 0.15) is 42.3 Å². The summed E-state index contributed by atoms with van der Waals surface area (Å²) < 4.78 is 0. The molecule has 3 N–H and O–H groups in total. The average Bonchev–Trinajstić information content (AvgIpc) is 2.30. The number of nitrogens with zero attached hydrogens (tertiary/aromatic N) is 1. The molecule has 0 saturated heterocycles. The van der Waals surface area contributed by atoms with Gasteiger partial charge in [-0.15, -0.1) is 0 Å². The van der Waals surface area contributed by atoms with Gasteiger partial charge in [0.1, 0.15) is 0 Å². The van der Waals surface area contributed by atoms with Gasteiger partial charge in [-0.3, -0.25) is 9.59 Å². The average molecular weight is 291 g/mol. The Morgan fingerprint density at radius 2 is 1.76 bits per heavy atom. The van der Waals surface area contributed by atoms with Crippen molar-refractivity contribution in [3.05, 3.63) is 28.8 Å². The van der Waals surface area contributed by atoms with Gasteiger partial charge in [-0.25, -0.2) is 0 Å². The van der Waals surface area contributed by atoms with Gasteiger partial charge in [0.25, 0.3) is 5.91 Å². The number of hydrogen-bond donors (Lipinski definition) is 2. The third-order valence-electron chi connectivity index (χ3n) is 3.09. The fraction of sp³-hybridized carbons (Fsp3) is 0.500. The lowest BCUT2D eigenvalue weighted by atomic mass is 10.0. The summed E-state index contributed by atoms with van der Waals surface area (Å²) in [6.45, 7) is 9.48. The van der Waals surface area contributed by atoms with Gasteiger partial charge < -0.3 is 16.0 Å². The Morgan fingerprint density at radius 1 is 1.19 bits per heavy atom. The first kappa shape index (κ1) is 17.0. The van der Waals surface area contributed by atoms with E-state index in [0.717, 1.165) is 11.1 Å². The number of carbonyl (C=O) groups is 2. The van der Waals surface area contributed by atoms with E-state index in [1.165, 1.54) is 4.90 Å². The van der Waals surface area contributed by atoms with Gasteiger partial charge in [0.05, 0.1) is 6.54 Å². The van der Waals surface area contributed by atoms with Crippen molar-refractivity contribution in [3.8, 4) is 0 Å². The summed E-state index contributed by atoms with van der Waals surface area (Å²) >= 11 is 0. The van der Waals surface area contributed by atoms with Crippen LogP contribution in [0.3, 0.4) is 0 Å². The van der Waals surface area contributed by atoms with Gasteiger partial charge >= 0.3 is 0 Å². The molecule has 0 aliphatic carbocycles. The van der Waals surface area contributed by atoms with E-state index in [0.29, 0.717) is 11.3 Å². The van der Waals surface area contributed by atoms with E-state index < -0.39 is 0 Å². The number of hydrogen-bond acceptors (Lipinski definition) is 3. The van der Waals surface area contributed by atoms with E-state index in [4.69, 9.17) is 5.73 Å². The minimum absolute atomic E-state index is 0.0172. The molecule has 0 aromatic heterocycles. The molecule has 2 amide bonds. The highest BCUT2D eigenvalue weighted by Gasteiger charge is 2.20. The van der Waals surface area contributed by atoms with E-state index in [1.54, 1.807) is 13.1 Å². The summed E-state index contributed by atoms with van der Waals surface area (Å²) in [5, 5.41) is 2.83. The van der Waals surface area contributed by atoms with Gasteiger partial charge in [0, 0.05) is 23.8 Å². The number of nitrogens with two attached hydrogens (primary N) is 1. The standard InChI is InChI=1S/C16H25N3O2/c1-10-7-11(2)13(17)8-12(10)15(21)19(6)9-14(20)18-16(3,4)5/h7-8H,9,17H2,1-6H3,(H,18,20). The fourth-order valence-corrected chi connectivity index (χ4v) is 2.05. The first-order valence-corrected chi connectivity index (χ1v) is 6.94. The van der Waals surface area contributed by atoms with Crippen molar-refractivity contribution in [3.63, 3.8) is 0 Å². The Balaban J connectivity index is 2.84. The highest BCUT2D eigenvalue weighted by Crippen LogP contribution is 2.19. The van der Waals surface area contributed by atoms with Crippen molar-refractivity contribution in [2.45, 2.75) is 40.2 Å².